The highest BCUT2D eigenvalue weighted by Crippen LogP contribution is 2.29. The van der Waals surface area contributed by atoms with Crippen molar-refractivity contribution >= 4 is 33.1 Å². The highest BCUT2D eigenvalue weighted by Gasteiger charge is 2.35. The number of hydrogen-bond donors (Lipinski definition) is 2. The predicted octanol–water partition coefficient (Wildman–Crippen LogP) is 2.44. The number of hydrogen-bond acceptors (Lipinski definition) is 3. The summed E-state index contributed by atoms with van der Waals surface area (Å²) in [6.45, 7) is 0. The van der Waals surface area contributed by atoms with Gasteiger partial charge in [0.05, 0.1) is 9.99 Å². The third-order valence-electron chi connectivity index (χ3n) is 1.90. The fourth-order valence-corrected chi connectivity index (χ4v) is 1.69. The van der Waals surface area contributed by atoms with E-state index in [0.29, 0.717) is 0 Å². The van der Waals surface area contributed by atoms with Crippen LogP contribution >= 0.6 is 15.9 Å². The Morgan fingerprint density at radius 1 is 1.41 bits per heavy atom. The van der Waals surface area contributed by atoms with E-state index in [1.807, 2.05) is 4.98 Å². The van der Waals surface area contributed by atoms with E-state index in [1.165, 1.54) is 6.07 Å². The van der Waals surface area contributed by atoms with Gasteiger partial charge in [0.15, 0.2) is 11.3 Å². The fourth-order valence-electron chi connectivity index (χ4n) is 1.20. The molecule has 0 amide bonds. The van der Waals surface area contributed by atoms with Gasteiger partial charge in [0.1, 0.15) is 0 Å². The van der Waals surface area contributed by atoms with Gasteiger partial charge in [-0.2, -0.15) is 13.2 Å². The number of nitrogens with zero attached hydrogens (tertiary/aromatic N) is 2. The molecular weight excluding hydrogens is 307 g/mol. The van der Waals surface area contributed by atoms with Gasteiger partial charge in [0.25, 0.3) is 0 Å². The smallest absolute Gasteiger partial charge is 0.449 e. The third-order valence-corrected chi connectivity index (χ3v) is 2.50. The highest BCUT2D eigenvalue weighted by molar-refractivity contribution is 9.10. The molecule has 0 aliphatic heterocycles. The molecule has 0 aliphatic rings. The molecule has 5 nitrogen and oxygen atoms in total. The van der Waals surface area contributed by atoms with Crippen molar-refractivity contribution in [1.82, 2.24) is 15.0 Å². The summed E-state index contributed by atoms with van der Waals surface area (Å²) in [5.41, 5.74) is -0.676. The van der Waals surface area contributed by atoms with Gasteiger partial charge < -0.3 is 10.1 Å². The monoisotopic (exact) mass is 309 g/mol. The lowest BCUT2D eigenvalue weighted by atomic mass is 10.3. The zero-order chi connectivity index (χ0) is 12.8. The number of aromatic amines is 1. The summed E-state index contributed by atoms with van der Waals surface area (Å²) >= 11 is 2.91. The van der Waals surface area contributed by atoms with Crippen molar-refractivity contribution in [2.24, 2.45) is 0 Å². The van der Waals surface area contributed by atoms with Gasteiger partial charge in [-0.15, -0.1) is 0 Å². The molecule has 0 spiro atoms. The number of carboxylic acid groups (broad SMARTS) is 1. The van der Waals surface area contributed by atoms with Crippen LogP contribution in [-0.2, 0) is 6.18 Å². The number of fused-ring (bicyclic) bond motifs is 1. The molecule has 2 N–H and O–H groups in total. The van der Waals surface area contributed by atoms with Gasteiger partial charge in [0.2, 0.25) is 5.82 Å². The van der Waals surface area contributed by atoms with Crippen LogP contribution in [0.25, 0.3) is 11.2 Å². The molecule has 0 bridgehead atoms. The van der Waals surface area contributed by atoms with Crippen LogP contribution in [0, 0.1) is 0 Å². The lowest BCUT2D eigenvalue weighted by Gasteiger charge is -1.98. The average Bonchev–Trinajstić information content (AvgIpc) is 2.58. The van der Waals surface area contributed by atoms with Gasteiger partial charge in [-0.05, 0) is 22.0 Å². The number of pyridine rings is 1. The van der Waals surface area contributed by atoms with Crippen LogP contribution in [-0.4, -0.2) is 26.0 Å². The predicted molar refractivity (Wildman–Crippen MR) is 53.5 cm³/mol. The second-order valence-electron chi connectivity index (χ2n) is 3.08. The van der Waals surface area contributed by atoms with E-state index in [2.05, 4.69) is 25.9 Å². The van der Waals surface area contributed by atoms with Crippen molar-refractivity contribution in [3.8, 4) is 0 Å². The molecular formula is C8H3BrF3N3O2. The summed E-state index contributed by atoms with van der Waals surface area (Å²) < 4.78 is 37.1. The van der Waals surface area contributed by atoms with Gasteiger partial charge >= 0.3 is 12.1 Å². The number of aromatic nitrogens is 3. The van der Waals surface area contributed by atoms with Gasteiger partial charge in [-0.3, -0.25) is 0 Å². The number of rotatable bonds is 1. The van der Waals surface area contributed by atoms with E-state index < -0.39 is 23.7 Å². The number of H-pyrrole nitrogens is 1. The Hall–Kier alpha value is -1.64. The minimum absolute atomic E-state index is 0.00852. The van der Waals surface area contributed by atoms with Crippen molar-refractivity contribution < 1.29 is 23.1 Å². The van der Waals surface area contributed by atoms with E-state index in [1.54, 1.807) is 0 Å². The van der Waals surface area contributed by atoms with Crippen molar-refractivity contribution in [2.45, 2.75) is 6.18 Å². The van der Waals surface area contributed by atoms with Crippen molar-refractivity contribution in [2.75, 3.05) is 0 Å². The number of carbonyl (C=O) groups is 1. The van der Waals surface area contributed by atoms with Crippen molar-refractivity contribution in [1.29, 1.82) is 0 Å². The van der Waals surface area contributed by atoms with Crippen molar-refractivity contribution in [3.05, 3.63) is 22.1 Å². The number of nitrogens with one attached hydrogen (secondary N) is 1. The van der Waals surface area contributed by atoms with Crippen LogP contribution in [0.3, 0.4) is 0 Å². The Labute approximate surface area is 99.8 Å². The average molecular weight is 310 g/mol. The van der Waals surface area contributed by atoms with E-state index in [0.717, 1.165) is 0 Å². The molecule has 2 heterocycles. The Kier molecular flexibility index (Phi) is 2.57. The lowest BCUT2D eigenvalue weighted by molar-refractivity contribution is -0.144. The lowest BCUT2D eigenvalue weighted by Crippen LogP contribution is -2.07. The first-order valence-corrected chi connectivity index (χ1v) is 4.95. The molecule has 9 heteroatoms. The maximum absolute atomic E-state index is 12.3. The SMILES string of the molecule is O=C(O)c1nc2nc(C(F)(F)F)[nH]c2cc1Br. The normalized spacial score (nSPS) is 12.0. The van der Waals surface area contributed by atoms with E-state index in [4.69, 9.17) is 5.11 Å². The number of carboxylic acids is 1. The fraction of sp³-hybridized carbons (Fsp3) is 0.125. The molecule has 0 atom stereocenters. The zero-order valence-electron chi connectivity index (χ0n) is 7.84. The van der Waals surface area contributed by atoms with Crippen LogP contribution in [0.4, 0.5) is 13.2 Å². The third kappa shape index (κ3) is 2.09. The molecule has 0 radical (unpaired) electrons. The van der Waals surface area contributed by atoms with Crippen LogP contribution in [0.2, 0.25) is 0 Å². The van der Waals surface area contributed by atoms with E-state index >= 15 is 0 Å². The maximum Gasteiger partial charge on any atom is 0.449 e. The summed E-state index contributed by atoms with van der Waals surface area (Å²) in [6, 6.07) is 1.19. The van der Waals surface area contributed by atoms with Gasteiger partial charge in [-0.25, -0.2) is 14.8 Å². The number of alkyl halides is 3. The first kappa shape index (κ1) is 11.8. The molecule has 0 aliphatic carbocycles. The molecule has 0 saturated carbocycles. The molecule has 0 aromatic carbocycles. The summed E-state index contributed by atoms with van der Waals surface area (Å²) in [7, 11) is 0. The summed E-state index contributed by atoms with van der Waals surface area (Å²) in [5.74, 6) is -2.57. The Morgan fingerprint density at radius 3 is 2.59 bits per heavy atom. The van der Waals surface area contributed by atoms with Crippen LogP contribution in [0.15, 0.2) is 10.5 Å². The minimum Gasteiger partial charge on any atom is -0.476 e. The quantitative estimate of drug-likeness (QED) is 0.848. The first-order chi connectivity index (χ1) is 7.79. The maximum atomic E-state index is 12.3. The molecule has 17 heavy (non-hydrogen) atoms. The Morgan fingerprint density at radius 2 is 2.06 bits per heavy atom. The minimum atomic E-state index is -4.63. The van der Waals surface area contributed by atoms with Gasteiger partial charge in [0, 0.05) is 0 Å². The highest BCUT2D eigenvalue weighted by atomic mass is 79.9. The van der Waals surface area contributed by atoms with Crippen LogP contribution < -0.4 is 0 Å². The molecule has 2 rings (SSSR count). The van der Waals surface area contributed by atoms with Crippen molar-refractivity contribution in [3.63, 3.8) is 0 Å². The van der Waals surface area contributed by atoms with E-state index in [-0.39, 0.29) is 15.6 Å². The largest absolute Gasteiger partial charge is 0.476 e. The summed E-state index contributed by atoms with van der Waals surface area (Å²) in [6.07, 6.45) is -4.63. The van der Waals surface area contributed by atoms with Gasteiger partial charge in [-0.1, -0.05) is 0 Å². The Balaban J connectivity index is 2.67. The van der Waals surface area contributed by atoms with Crippen LogP contribution in [0.1, 0.15) is 16.3 Å². The standard InChI is InChI=1S/C8H3BrF3N3O2/c9-2-1-3-5(14-4(2)6(16)17)15-7(13-3)8(10,11)12/h1H,(H,16,17)(H,13,14,15). The first-order valence-electron chi connectivity index (χ1n) is 4.16. The second kappa shape index (κ2) is 3.69. The Bertz CT molecular complexity index is 608. The molecule has 2 aromatic rings. The molecule has 0 unspecified atom stereocenters. The number of imidazole rings is 1. The summed E-state index contributed by atoms with van der Waals surface area (Å²) in [4.78, 5) is 19.4. The second-order valence-corrected chi connectivity index (χ2v) is 3.93. The molecule has 0 fully saturated rings. The zero-order valence-corrected chi connectivity index (χ0v) is 9.43. The summed E-state index contributed by atoms with van der Waals surface area (Å²) in [5, 5.41) is 8.74. The molecule has 2 aromatic heterocycles. The molecule has 90 valence electrons. The molecule has 0 saturated heterocycles. The topological polar surface area (TPSA) is 78.9 Å². The van der Waals surface area contributed by atoms with Crippen LogP contribution in [0.5, 0.6) is 0 Å². The number of aromatic carboxylic acids is 1. The van der Waals surface area contributed by atoms with E-state index in [9.17, 15) is 18.0 Å². The number of halogens is 4.